The molecule has 0 spiro atoms. The van der Waals surface area contributed by atoms with E-state index >= 15 is 0 Å². The summed E-state index contributed by atoms with van der Waals surface area (Å²) in [6, 6.07) is 71.6. The molecule has 1 aromatic heterocycles. The van der Waals surface area contributed by atoms with E-state index in [4.69, 9.17) is 0 Å². The average molecular weight is 736 g/mol. The number of benzene rings is 8. The van der Waals surface area contributed by atoms with E-state index in [1.807, 2.05) is 0 Å². The predicted molar refractivity (Wildman–Crippen MR) is 245 cm³/mol. The molecular formula is C56H49N. The van der Waals surface area contributed by atoms with Crippen LogP contribution in [-0.2, 0) is 6.54 Å². The van der Waals surface area contributed by atoms with E-state index in [1.54, 1.807) is 0 Å². The Morgan fingerprint density at radius 3 is 1.00 bits per heavy atom. The number of hydrogen-bond acceptors (Lipinski definition) is 0. The fraction of sp³-hybridized carbons (Fsp3) is 0.143. The number of fused-ring (bicyclic) bond motifs is 3. The van der Waals surface area contributed by atoms with E-state index in [9.17, 15) is 0 Å². The van der Waals surface area contributed by atoms with Gasteiger partial charge in [0.05, 0.1) is 0 Å². The van der Waals surface area contributed by atoms with Crippen molar-refractivity contribution in [3.8, 4) is 66.8 Å². The van der Waals surface area contributed by atoms with Gasteiger partial charge < -0.3 is 4.57 Å². The summed E-state index contributed by atoms with van der Waals surface area (Å²) >= 11 is 0. The molecule has 57 heavy (non-hydrogen) atoms. The molecule has 0 saturated heterocycles. The van der Waals surface area contributed by atoms with Gasteiger partial charge in [-0.3, -0.25) is 0 Å². The van der Waals surface area contributed by atoms with E-state index in [1.165, 1.54) is 114 Å². The summed E-state index contributed by atoms with van der Waals surface area (Å²) in [7, 11) is 0. The third kappa shape index (κ3) is 7.59. The first-order valence-corrected chi connectivity index (χ1v) is 20.7. The first-order valence-electron chi connectivity index (χ1n) is 20.7. The third-order valence-electron chi connectivity index (χ3n) is 11.8. The molecule has 278 valence electrons. The SMILES string of the molecule is CCCCC(CC)Cn1c2ccc(-c3cc(-c4ccccc4)cc(-c4ccccc4)c3)cc2c2cc(-c3cc(-c4ccccc4)cc(-c4ccccc4)c3)ccc21. The number of aromatic nitrogens is 1. The molecule has 0 saturated carbocycles. The number of hydrogen-bond donors (Lipinski definition) is 0. The molecule has 0 radical (unpaired) electrons. The molecule has 0 aliphatic rings. The Labute approximate surface area is 337 Å². The molecule has 9 aromatic rings. The van der Waals surface area contributed by atoms with Gasteiger partial charge in [-0.1, -0.05) is 167 Å². The van der Waals surface area contributed by atoms with Crippen LogP contribution >= 0.6 is 0 Å². The van der Waals surface area contributed by atoms with Gasteiger partial charge in [-0.2, -0.15) is 0 Å². The summed E-state index contributed by atoms with van der Waals surface area (Å²) in [5.41, 5.74) is 17.4. The first-order chi connectivity index (χ1) is 28.1. The number of rotatable bonds is 12. The average Bonchev–Trinajstić information content (AvgIpc) is 3.60. The van der Waals surface area contributed by atoms with Crippen molar-refractivity contribution >= 4 is 21.8 Å². The van der Waals surface area contributed by atoms with Crippen LogP contribution < -0.4 is 0 Å². The van der Waals surface area contributed by atoms with E-state index in [-0.39, 0.29) is 0 Å². The van der Waals surface area contributed by atoms with Crippen molar-refractivity contribution in [2.24, 2.45) is 5.92 Å². The van der Waals surface area contributed by atoms with Crippen LogP contribution in [0.4, 0.5) is 0 Å². The minimum Gasteiger partial charge on any atom is -0.340 e. The van der Waals surface area contributed by atoms with Gasteiger partial charge in [0.15, 0.2) is 0 Å². The number of unbranched alkanes of at least 4 members (excludes halogenated alkanes) is 1. The molecular weight excluding hydrogens is 687 g/mol. The van der Waals surface area contributed by atoms with Crippen molar-refractivity contribution in [3.63, 3.8) is 0 Å². The Morgan fingerprint density at radius 1 is 0.351 bits per heavy atom. The Kier molecular flexibility index (Phi) is 10.4. The highest BCUT2D eigenvalue weighted by atomic mass is 15.0. The lowest BCUT2D eigenvalue weighted by atomic mass is 9.92. The molecule has 1 atom stereocenters. The van der Waals surface area contributed by atoms with Crippen molar-refractivity contribution in [2.75, 3.05) is 0 Å². The Morgan fingerprint density at radius 2 is 0.684 bits per heavy atom. The lowest BCUT2D eigenvalue weighted by Crippen LogP contribution is -2.10. The Hall–Kier alpha value is -6.44. The molecule has 0 aliphatic heterocycles. The maximum Gasteiger partial charge on any atom is 0.0491 e. The molecule has 1 heterocycles. The molecule has 0 aliphatic carbocycles. The summed E-state index contributed by atoms with van der Waals surface area (Å²) in [6.07, 6.45) is 4.94. The second-order valence-electron chi connectivity index (χ2n) is 15.6. The van der Waals surface area contributed by atoms with Crippen LogP contribution in [-0.4, -0.2) is 4.57 Å². The molecule has 0 bridgehead atoms. The van der Waals surface area contributed by atoms with E-state index < -0.39 is 0 Å². The largest absolute Gasteiger partial charge is 0.340 e. The van der Waals surface area contributed by atoms with E-state index in [0.29, 0.717) is 5.92 Å². The quantitative estimate of drug-likeness (QED) is 0.118. The highest BCUT2D eigenvalue weighted by Crippen LogP contribution is 2.40. The molecule has 1 unspecified atom stereocenters. The summed E-state index contributed by atoms with van der Waals surface area (Å²) in [4.78, 5) is 0. The van der Waals surface area contributed by atoms with Gasteiger partial charge in [-0.25, -0.2) is 0 Å². The minimum absolute atomic E-state index is 0.634. The van der Waals surface area contributed by atoms with Gasteiger partial charge in [0.1, 0.15) is 0 Å². The van der Waals surface area contributed by atoms with Gasteiger partial charge in [-0.05, 0) is 140 Å². The zero-order valence-corrected chi connectivity index (χ0v) is 33.0. The summed E-state index contributed by atoms with van der Waals surface area (Å²) in [6.45, 7) is 5.69. The van der Waals surface area contributed by atoms with Crippen LogP contribution in [0.3, 0.4) is 0 Å². The molecule has 0 fully saturated rings. The van der Waals surface area contributed by atoms with Crippen molar-refractivity contribution in [1.29, 1.82) is 0 Å². The molecule has 1 nitrogen and oxygen atoms in total. The van der Waals surface area contributed by atoms with Crippen molar-refractivity contribution in [3.05, 3.63) is 194 Å². The number of nitrogens with zero attached hydrogens (tertiary/aromatic N) is 1. The third-order valence-corrected chi connectivity index (χ3v) is 11.8. The van der Waals surface area contributed by atoms with Crippen molar-refractivity contribution in [2.45, 2.75) is 46.1 Å². The summed E-state index contributed by atoms with van der Waals surface area (Å²) < 4.78 is 2.62. The van der Waals surface area contributed by atoms with Crippen LogP contribution in [0.1, 0.15) is 39.5 Å². The van der Waals surface area contributed by atoms with Crippen molar-refractivity contribution in [1.82, 2.24) is 4.57 Å². The monoisotopic (exact) mass is 735 g/mol. The Balaban J connectivity index is 1.24. The van der Waals surface area contributed by atoms with Gasteiger partial charge in [0.25, 0.3) is 0 Å². The molecule has 0 amide bonds. The van der Waals surface area contributed by atoms with E-state index in [2.05, 4.69) is 213 Å². The summed E-state index contributed by atoms with van der Waals surface area (Å²) in [5, 5.41) is 2.62. The lowest BCUT2D eigenvalue weighted by molar-refractivity contribution is 0.401. The van der Waals surface area contributed by atoms with Crippen LogP contribution in [0.5, 0.6) is 0 Å². The predicted octanol–water partition coefficient (Wildman–Crippen LogP) is 16.0. The molecule has 8 aromatic carbocycles. The first kappa shape index (κ1) is 36.2. The fourth-order valence-corrected chi connectivity index (χ4v) is 8.61. The molecule has 1 heteroatoms. The summed E-state index contributed by atoms with van der Waals surface area (Å²) in [5.74, 6) is 0.634. The highest BCUT2D eigenvalue weighted by Gasteiger charge is 2.18. The zero-order valence-electron chi connectivity index (χ0n) is 33.0. The van der Waals surface area contributed by atoms with Crippen LogP contribution in [0, 0.1) is 5.92 Å². The van der Waals surface area contributed by atoms with Crippen LogP contribution in [0.15, 0.2) is 194 Å². The normalized spacial score (nSPS) is 12.0. The van der Waals surface area contributed by atoms with Gasteiger partial charge in [0, 0.05) is 28.4 Å². The minimum atomic E-state index is 0.634. The molecule has 0 N–H and O–H groups in total. The van der Waals surface area contributed by atoms with E-state index in [0.717, 1.165) is 6.54 Å². The van der Waals surface area contributed by atoms with Gasteiger partial charge >= 0.3 is 0 Å². The maximum absolute atomic E-state index is 2.62. The van der Waals surface area contributed by atoms with Crippen LogP contribution in [0.2, 0.25) is 0 Å². The zero-order chi connectivity index (χ0) is 38.6. The Bertz CT molecular complexity index is 2460. The fourth-order valence-electron chi connectivity index (χ4n) is 8.61. The van der Waals surface area contributed by atoms with Gasteiger partial charge in [-0.15, -0.1) is 0 Å². The highest BCUT2D eigenvalue weighted by molar-refractivity contribution is 6.11. The van der Waals surface area contributed by atoms with Gasteiger partial charge in [0.2, 0.25) is 0 Å². The van der Waals surface area contributed by atoms with Crippen LogP contribution in [0.25, 0.3) is 88.6 Å². The lowest BCUT2D eigenvalue weighted by Gasteiger charge is -2.18. The standard InChI is InChI=1S/C56H49N/c1-3-5-18-40(4-2)39-57-55-29-27-45(51-33-47(41-19-10-6-11-20-41)31-48(34-51)42-21-12-7-13-22-42)37-53(55)54-38-46(28-30-56(54)57)52-35-49(43-23-14-8-15-24-43)32-50(36-52)44-25-16-9-17-26-44/h6-17,19-38,40H,3-5,18,39H2,1-2H3. The maximum atomic E-state index is 2.62. The second kappa shape index (κ2) is 16.3. The topological polar surface area (TPSA) is 4.93 Å². The second-order valence-corrected chi connectivity index (χ2v) is 15.6. The molecule has 9 rings (SSSR count). The van der Waals surface area contributed by atoms with Crippen molar-refractivity contribution < 1.29 is 0 Å². The smallest absolute Gasteiger partial charge is 0.0491 e.